The smallest absolute Gasteiger partial charge is 0.144 e. The van der Waals surface area contributed by atoms with Gasteiger partial charge in [0.25, 0.3) is 0 Å². The molecule has 0 bridgehead atoms. The van der Waals surface area contributed by atoms with Gasteiger partial charge in [0, 0.05) is 11.1 Å². The molecule has 1 aromatic rings. The van der Waals surface area contributed by atoms with Crippen LogP contribution in [0.25, 0.3) is 0 Å². The van der Waals surface area contributed by atoms with E-state index >= 15 is 0 Å². The minimum absolute atomic E-state index is 0.0242. The number of hydrogen-bond acceptors (Lipinski definition) is 3. The van der Waals surface area contributed by atoms with Crippen molar-refractivity contribution in [1.29, 1.82) is 0 Å². The summed E-state index contributed by atoms with van der Waals surface area (Å²) in [7, 11) is 4.02. The maximum Gasteiger partial charge on any atom is 0.144 e. The minimum atomic E-state index is 0.0242. The van der Waals surface area contributed by atoms with E-state index in [0.717, 1.165) is 22.5 Å². The molecular weight excluding hydrogens is 286 g/mol. The molecule has 1 N–H and O–H groups in total. The first-order valence-electron chi connectivity index (χ1n) is 5.15. The normalized spacial score (nSPS) is 12.2. The lowest BCUT2D eigenvalue weighted by Crippen LogP contribution is -2.20. The molecule has 0 saturated heterocycles. The predicted octanol–water partition coefficient (Wildman–Crippen LogP) is 3.26. The van der Waals surface area contributed by atoms with Crippen molar-refractivity contribution in [2.45, 2.75) is 32.7 Å². The fourth-order valence-corrected chi connectivity index (χ4v) is 2.39. The average molecular weight is 304 g/mol. The Labute approximate surface area is 110 Å². The van der Waals surface area contributed by atoms with Gasteiger partial charge in [-0.3, -0.25) is 0 Å². The van der Waals surface area contributed by atoms with Crippen LogP contribution in [0.15, 0.2) is 4.47 Å². The van der Waals surface area contributed by atoms with Crippen LogP contribution in [0.2, 0.25) is 0 Å². The molecule has 0 saturated carbocycles. The number of H-pyrrole nitrogens is 1. The van der Waals surface area contributed by atoms with E-state index in [0.29, 0.717) is 4.64 Å². The summed E-state index contributed by atoms with van der Waals surface area (Å²) in [6.45, 7) is 7.22. The Morgan fingerprint density at radius 1 is 1.38 bits per heavy atom. The second kappa shape index (κ2) is 4.94. The number of nitrogens with zero attached hydrogens (tertiary/aromatic N) is 2. The fourth-order valence-electron chi connectivity index (χ4n) is 1.40. The maximum atomic E-state index is 5.25. The molecule has 16 heavy (non-hydrogen) atoms. The van der Waals surface area contributed by atoms with E-state index in [1.165, 1.54) is 0 Å². The summed E-state index contributed by atoms with van der Waals surface area (Å²) >= 11 is 8.76. The highest BCUT2D eigenvalue weighted by Crippen LogP contribution is 2.28. The standard InChI is InChI=1S/C11H18BrN3S/c1-11(2,3)9-8(12)10(16)14-7(13-9)6-15(4)5/h6H2,1-5H3,(H,13,14,16). The summed E-state index contributed by atoms with van der Waals surface area (Å²) < 4.78 is 1.53. The third-order valence-electron chi connectivity index (χ3n) is 2.13. The van der Waals surface area contributed by atoms with Crippen LogP contribution in [0.3, 0.4) is 0 Å². The first-order valence-corrected chi connectivity index (χ1v) is 6.36. The first-order chi connectivity index (χ1) is 7.21. The van der Waals surface area contributed by atoms with Gasteiger partial charge < -0.3 is 9.88 Å². The summed E-state index contributed by atoms with van der Waals surface area (Å²) in [6, 6.07) is 0. The zero-order valence-electron chi connectivity index (χ0n) is 10.4. The van der Waals surface area contributed by atoms with Crippen molar-refractivity contribution in [1.82, 2.24) is 14.9 Å². The Balaban J connectivity index is 3.28. The lowest BCUT2D eigenvalue weighted by atomic mass is 9.92. The molecule has 0 aliphatic carbocycles. The topological polar surface area (TPSA) is 31.9 Å². The van der Waals surface area contributed by atoms with Gasteiger partial charge in [0.1, 0.15) is 10.5 Å². The molecule has 0 aliphatic rings. The number of halogens is 1. The van der Waals surface area contributed by atoms with Gasteiger partial charge in [-0.2, -0.15) is 0 Å². The molecule has 1 rings (SSSR count). The second-order valence-electron chi connectivity index (χ2n) is 5.17. The zero-order valence-corrected chi connectivity index (χ0v) is 12.8. The molecule has 0 radical (unpaired) electrons. The summed E-state index contributed by atoms with van der Waals surface area (Å²) in [5, 5.41) is 0. The Morgan fingerprint density at radius 2 is 1.94 bits per heavy atom. The fraction of sp³-hybridized carbons (Fsp3) is 0.636. The van der Waals surface area contributed by atoms with Crippen molar-refractivity contribution in [3.05, 3.63) is 20.6 Å². The Bertz CT molecular complexity index is 432. The number of rotatable bonds is 2. The molecule has 90 valence electrons. The first kappa shape index (κ1) is 13.8. The molecule has 0 aromatic carbocycles. The van der Waals surface area contributed by atoms with Gasteiger partial charge in [-0.25, -0.2) is 4.98 Å². The zero-order chi connectivity index (χ0) is 12.5. The Morgan fingerprint density at radius 3 is 2.38 bits per heavy atom. The van der Waals surface area contributed by atoms with Gasteiger partial charge in [-0.05, 0) is 30.0 Å². The molecule has 1 heterocycles. The van der Waals surface area contributed by atoms with Crippen molar-refractivity contribution in [2.75, 3.05) is 14.1 Å². The number of aromatic amines is 1. The van der Waals surface area contributed by atoms with Crippen LogP contribution < -0.4 is 0 Å². The SMILES string of the molecule is CN(C)Cc1nc(=S)c(Br)c(C(C)(C)C)[nH]1. The highest BCUT2D eigenvalue weighted by atomic mass is 79.9. The summed E-state index contributed by atoms with van der Waals surface area (Å²) in [4.78, 5) is 9.78. The van der Waals surface area contributed by atoms with E-state index in [-0.39, 0.29) is 5.41 Å². The molecule has 5 heteroatoms. The van der Waals surface area contributed by atoms with Gasteiger partial charge >= 0.3 is 0 Å². The summed E-state index contributed by atoms with van der Waals surface area (Å²) in [5.74, 6) is 0.906. The number of nitrogens with one attached hydrogen (secondary N) is 1. The van der Waals surface area contributed by atoms with Crippen molar-refractivity contribution >= 4 is 28.1 Å². The summed E-state index contributed by atoms with van der Waals surface area (Å²) in [6.07, 6.45) is 0. The molecule has 0 aliphatic heterocycles. The van der Waals surface area contributed by atoms with Gasteiger partial charge in [0.05, 0.1) is 11.0 Å². The van der Waals surface area contributed by atoms with E-state index in [9.17, 15) is 0 Å². The number of aromatic nitrogens is 2. The second-order valence-corrected chi connectivity index (χ2v) is 6.35. The van der Waals surface area contributed by atoms with Crippen molar-refractivity contribution < 1.29 is 0 Å². The van der Waals surface area contributed by atoms with Gasteiger partial charge in [0.15, 0.2) is 0 Å². The Kier molecular flexibility index (Phi) is 4.26. The third kappa shape index (κ3) is 3.37. The molecule has 1 aromatic heterocycles. The highest BCUT2D eigenvalue weighted by molar-refractivity contribution is 9.10. The minimum Gasteiger partial charge on any atom is -0.345 e. The van der Waals surface area contributed by atoms with Crippen LogP contribution in [0.1, 0.15) is 32.3 Å². The van der Waals surface area contributed by atoms with Crippen LogP contribution in [-0.4, -0.2) is 29.0 Å². The van der Waals surface area contributed by atoms with Gasteiger partial charge in [-0.15, -0.1) is 0 Å². The highest BCUT2D eigenvalue weighted by Gasteiger charge is 2.20. The van der Waals surface area contributed by atoms with Gasteiger partial charge in [0.2, 0.25) is 0 Å². The van der Waals surface area contributed by atoms with Crippen molar-refractivity contribution in [3.63, 3.8) is 0 Å². The average Bonchev–Trinajstić information content (AvgIpc) is 2.08. The third-order valence-corrected chi connectivity index (χ3v) is 3.46. The molecule has 0 spiro atoms. The molecule has 0 unspecified atom stereocenters. The number of hydrogen-bond donors (Lipinski definition) is 1. The molecule has 0 atom stereocenters. The van der Waals surface area contributed by atoms with Crippen LogP contribution >= 0.6 is 28.1 Å². The van der Waals surface area contributed by atoms with E-state index < -0.39 is 0 Å². The van der Waals surface area contributed by atoms with Crippen LogP contribution in [-0.2, 0) is 12.0 Å². The monoisotopic (exact) mass is 303 g/mol. The lowest BCUT2D eigenvalue weighted by molar-refractivity contribution is 0.387. The van der Waals surface area contributed by atoms with Crippen LogP contribution in [0, 0.1) is 4.64 Å². The van der Waals surface area contributed by atoms with Crippen molar-refractivity contribution in [3.8, 4) is 0 Å². The maximum absolute atomic E-state index is 5.25. The van der Waals surface area contributed by atoms with E-state index in [2.05, 4.69) is 51.6 Å². The van der Waals surface area contributed by atoms with Crippen molar-refractivity contribution in [2.24, 2.45) is 0 Å². The van der Waals surface area contributed by atoms with Crippen LogP contribution in [0.5, 0.6) is 0 Å². The van der Waals surface area contributed by atoms with E-state index in [1.54, 1.807) is 0 Å². The van der Waals surface area contributed by atoms with E-state index in [4.69, 9.17) is 12.2 Å². The Hall–Kier alpha value is -0.260. The van der Waals surface area contributed by atoms with E-state index in [1.807, 2.05) is 14.1 Å². The summed E-state index contributed by atoms with van der Waals surface area (Å²) in [5.41, 5.74) is 1.13. The lowest BCUT2D eigenvalue weighted by Gasteiger charge is -2.22. The van der Waals surface area contributed by atoms with Gasteiger partial charge in [-0.1, -0.05) is 33.0 Å². The molecule has 0 amide bonds. The quantitative estimate of drug-likeness (QED) is 0.851. The molecule has 3 nitrogen and oxygen atoms in total. The molecular formula is C11H18BrN3S. The molecule has 0 fully saturated rings. The largest absolute Gasteiger partial charge is 0.345 e. The predicted molar refractivity (Wildman–Crippen MR) is 73.2 cm³/mol. The van der Waals surface area contributed by atoms with Crippen LogP contribution in [0.4, 0.5) is 0 Å².